The highest BCUT2D eigenvalue weighted by Gasteiger charge is 2.23. The van der Waals surface area contributed by atoms with Crippen molar-refractivity contribution in [2.45, 2.75) is 33.6 Å². The molecule has 0 atom stereocenters. The number of nitrogens with zero attached hydrogens (tertiary/aromatic N) is 1. The van der Waals surface area contributed by atoms with Gasteiger partial charge in [0, 0.05) is 13.1 Å². The number of nitrogens with one attached hydrogen (secondary N) is 2. The second kappa shape index (κ2) is 8.24. The molecule has 0 aliphatic carbocycles. The van der Waals surface area contributed by atoms with Crippen molar-refractivity contribution < 1.29 is 9.72 Å². The standard InChI is InChI=1S/C15H23N3O3/c1-4-16-13-9-5-8-12(14(13)18(20)21)15(19)17-10-6-7-11(2)3/h5,8-9,11,16H,4,6-7,10H2,1-3H3,(H,17,19). The average molecular weight is 293 g/mol. The van der Waals surface area contributed by atoms with Gasteiger partial charge >= 0.3 is 5.69 Å². The molecule has 0 bridgehead atoms. The molecule has 1 rings (SSSR count). The number of hydrogen-bond acceptors (Lipinski definition) is 4. The van der Waals surface area contributed by atoms with Crippen LogP contribution in [0.1, 0.15) is 44.0 Å². The molecule has 6 heteroatoms. The second-order valence-electron chi connectivity index (χ2n) is 5.28. The maximum Gasteiger partial charge on any atom is 0.305 e. The van der Waals surface area contributed by atoms with Crippen molar-refractivity contribution in [1.82, 2.24) is 5.32 Å². The number of carbonyl (C=O) groups is 1. The van der Waals surface area contributed by atoms with Gasteiger partial charge in [-0.1, -0.05) is 19.9 Å². The predicted molar refractivity (Wildman–Crippen MR) is 83.7 cm³/mol. The molecule has 6 nitrogen and oxygen atoms in total. The molecule has 0 radical (unpaired) electrons. The Morgan fingerprint density at radius 1 is 1.38 bits per heavy atom. The zero-order valence-corrected chi connectivity index (χ0v) is 12.8. The minimum absolute atomic E-state index is 0.1000. The van der Waals surface area contributed by atoms with Crippen molar-refractivity contribution in [2.24, 2.45) is 5.92 Å². The third kappa shape index (κ3) is 5.06. The zero-order valence-electron chi connectivity index (χ0n) is 12.8. The zero-order chi connectivity index (χ0) is 15.8. The smallest absolute Gasteiger partial charge is 0.305 e. The Labute approximate surface area is 125 Å². The van der Waals surface area contributed by atoms with Crippen LogP contribution in [0.3, 0.4) is 0 Å². The predicted octanol–water partition coefficient (Wildman–Crippen LogP) is 3.19. The molecule has 21 heavy (non-hydrogen) atoms. The topological polar surface area (TPSA) is 84.3 Å². The summed E-state index contributed by atoms with van der Waals surface area (Å²) < 4.78 is 0. The normalized spacial score (nSPS) is 10.5. The quantitative estimate of drug-likeness (QED) is 0.438. The number of carbonyl (C=O) groups excluding carboxylic acids is 1. The summed E-state index contributed by atoms with van der Waals surface area (Å²) in [5.74, 6) is 0.179. The van der Waals surface area contributed by atoms with E-state index >= 15 is 0 Å². The largest absolute Gasteiger partial charge is 0.380 e. The van der Waals surface area contributed by atoms with Gasteiger partial charge < -0.3 is 10.6 Å². The highest BCUT2D eigenvalue weighted by molar-refractivity contribution is 6.00. The Hall–Kier alpha value is -2.11. The van der Waals surface area contributed by atoms with Crippen LogP contribution >= 0.6 is 0 Å². The molecule has 0 heterocycles. The fourth-order valence-corrected chi connectivity index (χ4v) is 2.06. The molecule has 0 aromatic heterocycles. The SMILES string of the molecule is CCNc1cccc(C(=O)NCCCC(C)C)c1[N+](=O)[O-]. The van der Waals surface area contributed by atoms with Gasteiger partial charge in [0.05, 0.1) is 4.92 Å². The van der Waals surface area contributed by atoms with E-state index < -0.39 is 10.8 Å². The molecule has 0 spiro atoms. The molecular weight excluding hydrogens is 270 g/mol. The van der Waals surface area contributed by atoms with Crippen LogP contribution in [-0.4, -0.2) is 23.9 Å². The van der Waals surface area contributed by atoms with Gasteiger partial charge in [0.2, 0.25) is 0 Å². The van der Waals surface area contributed by atoms with E-state index in [2.05, 4.69) is 24.5 Å². The summed E-state index contributed by atoms with van der Waals surface area (Å²) in [6.07, 6.45) is 1.88. The Morgan fingerprint density at radius 3 is 2.67 bits per heavy atom. The van der Waals surface area contributed by atoms with Crippen molar-refractivity contribution in [1.29, 1.82) is 0 Å². The lowest BCUT2D eigenvalue weighted by molar-refractivity contribution is -0.384. The number of rotatable bonds is 8. The highest BCUT2D eigenvalue weighted by atomic mass is 16.6. The molecule has 1 aromatic carbocycles. The summed E-state index contributed by atoms with van der Waals surface area (Å²) >= 11 is 0. The fraction of sp³-hybridized carbons (Fsp3) is 0.533. The van der Waals surface area contributed by atoms with Gasteiger partial charge in [-0.05, 0) is 37.8 Å². The van der Waals surface area contributed by atoms with Gasteiger partial charge in [0.15, 0.2) is 0 Å². The van der Waals surface area contributed by atoms with Crippen molar-refractivity contribution in [2.75, 3.05) is 18.4 Å². The van der Waals surface area contributed by atoms with Crippen LogP contribution in [0.15, 0.2) is 18.2 Å². The van der Waals surface area contributed by atoms with Gasteiger partial charge in [-0.15, -0.1) is 0 Å². The van der Waals surface area contributed by atoms with Crippen LogP contribution in [0.25, 0.3) is 0 Å². The van der Waals surface area contributed by atoms with Crippen LogP contribution in [0.4, 0.5) is 11.4 Å². The second-order valence-corrected chi connectivity index (χ2v) is 5.28. The van der Waals surface area contributed by atoms with E-state index in [-0.39, 0.29) is 11.3 Å². The Bertz CT molecular complexity index is 501. The van der Waals surface area contributed by atoms with Crippen molar-refractivity contribution >= 4 is 17.3 Å². The molecule has 0 unspecified atom stereocenters. The number of hydrogen-bond donors (Lipinski definition) is 2. The first kappa shape index (κ1) is 16.9. The lowest BCUT2D eigenvalue weighted by Gasteiger charge is -2.10. The minimum atomic E-state index is -0.513. The molecule has 1 aromatic rings. The van der Waals surface area contributed by atoms with E-state index in [1.54, 1.807) is 12.1 Å². The molecule has 0 aliphatic rings. The number of para-hydroxylation sites is 1. The van der Waals surface area contributed by atoms with Gasteiger partial charge in [-0.25, -0.2) is 0 Å². The van der Waals surface area contributed by atoms with Crippen LogP contribution in [0.2, 0.25) is 0 Å². The number of benzene rings is 1. The summed E-state index contributed by atoms with van der Waals surface area (Å²) in [4.78, 5) is 22.8. The van der Waals surface area contributed by atoms with E-state index in [1.165, 1.54) is 6.07 Å². The van der Waals surface area contributed by atoms with Crippen molar-refractivity contribution in [3.8, 4) is 0 Å². The van der Waals surface area contributed by atoms with E-state index in [1.807, 2.05) is 6.92 Å². The summed E-state index contributed by atoms with van der Waals surface area (Å²) in [5.41, 5.74) is 0.307. The first-order valence-electron chi connectivity index (χ1n) is 7.26. The maximum absolute atomic E-state index is 12.1. The fourth-order valence-electron chi connectivity index (χ4n) is 2.06. The summed E-state index contributed by atoms with van der Waals surface area (Å²) in [6.45, 7) is 7.17. The average Bonchev–Trinajstić information content (AvgIpc) is 2.43. The maximum atomic E-state index is 12.1. The Morgan fingerprint density at radius 2 is 2.10 bits per heavy atom. The lowest BCUT2D eigenvalue weighted by atomic mass is 10.1. The molecule has 0 fully saturated rings. The van der Waals surface area contributed by atoms with Crippen LogP contribution < -0.4 is 10.6 Å². The third-order valence-electron chi connectivity index (χ3n) is 3.07. The molecule has 2 N–H and O–H groups in total. The number of nitro benzene ring substituents is 1. The molecule has 0 saturated carbocycles. The molecule has 1 amide bonds. The molecular formula is C15H23N3O3. The van der Waals surface area contributed by atoms with E-state index in [0.29, 0.717) is 24.7 Å². The number of anilines is 1. The molecule has 116 valence electrons. The first-order chi connectivity index (χ1) is 9.97. The van der Waals surface area contributed by atoms with Crippen LogP contribution in [0, 0.1) is 16.0 Å². The number of nitro groups is 1. The van der Waals surface area contributed by atoms with Crippen molar-refractivity contribution in [3.63, 3.8) is 0 Å². The van der Waals surface area contributed by atoms with E-state index in [4.69, 9.17) is 0 Å². The lowest BCUT2D eigenvalue weighted by Crippen LogP contribution is -2.25. The Balaban J connectivity index is 2.83. The monoisotopic (exact) mass is 293 g/mol. The van der Waals surface area contributed by atoms with Crippen LogP contribution in [-0.2, 0) is 0 Å². The molecule has 0 aliphatic heterocycles. The van der Waals surface area contributed by atoms with E-state index in [9.17, 15) is 14.9 Å². The van der Waals surface area contributed by atoms with Gasteiger partial charge in [0.1, 0.15) is 11.3 Å². The first-order valence-corrected chi connectivity index (χ1v) is 7.26. The Kier molecular flexibility index (Phi) is 6.65. The molecule has 0 saturated heterocycles. The minimum Gasteiger partial charge on any atom is -0.380 e. The van der Waals surface area contributed by atoms with E-state index in [0.717, 1.165) is 12.8 Å². The highest BCUT2D eigenvalue weighted by Crippen LogP contribution is 2.28. The third-order valence-corrected chi connectivity index (χ3v) is 3.07. The number of amides is 1. The van der Waals surface area contributed by atoms with Gasteiger partial charge in [-0.2, -0.15) is 0 Å². The van der Waals surface area contributed by atoms with Gasteiger partial charge in [0.25, 0.3) is 5.91 Å². The summed E-state index contributed by atoms with van der Waals surface area (Å²) in [5, 5.41) is 16.9. The summed E-state index contributed by atoms with van der Waals surface area (Å²) in [6, 6.07) is 4.74. The van der Waals surface area contributed by atoms with Gasteiger partial charge in [-0.3, -0.25) is 14.9 Å². The summed E-state index contributed by atoms with van der Waals surface area (Å²) in [7, 11) is 0. The van der Waals surface area contributed by atoms with Crippen molar-refractivity contribution in [3.05, 3.63) is 33.9 Å². The van der Waals surface area contributed by atoms with Crippen LogP contribution in [0.5, 0.6) is 0 Å².